The molecule has 0 aliphatic rings. The summed E-state index contributed by atoms with van der Waals surface area (Å²) in [4.78, 5) is 34.5. The minimum atomic E-state index is -1.19. The third-order valence-corrected chi connectivity index (χ3v) is 2.64. The summed E-state index contributed by atoms with van der Waals surface area (Å²) in [5.41, 5.74) is 0.459. The second-order valence-electron chi connectivity index (χ2n) is 4.13. The number of nitrogens with one attached hydrogen (secondary N) is 2. The van der Waals surface area contributed by atoms with Gasteiger partial charge in [0.1, 0.15) is 0 Å². The first-order valence-corrected chi connectivity index (χ1v) is 6.07. The molecule has 6 nitrogen and oxygen atoms in total. The van der Waals surface area contributed by atoms with Crippen molar-refractivity contribution >= 4 is 29.2 Å². The topological polar surface area (TPSA) is 95.5 Å². The summed E-state index contributed by atoms with van der Waals surface area (Å²) < 4.78 is 0. The maximum Gasteiger partial charge on any atom is 0.337 e. The van der Waals surface area contributed by atoms with E-state index in [1.165, 1.54) is 18.2 Å². The van der Waals surface area contributed by atoms with Gasteiger partial charge in [-0.15, -0.1) is 0 Å². The highest BCUT2D eigenvalue weighted by Gasteiger charge is 2.17. The molecule has 0 heterocycles. The number of carboxylic acid groups (broad SMARTS) is 1. The van der Waals surface area contributed by atoms with E-state index in [1.54, 1.807) is 36.4 Å². The van der Waals surface area contributed by atoms with Gasteiger partial charge in [0.15, 0.2) is 0 Å². The summed E-state index contributed by atoms with van der Waals surface area (Å²) in [6.07, 6.45) is 0. The summed E-state index contributed by atoms with van der Waals surface area (Å²) in [6.45, 7) is 0. The van der Waals surface area contributed by atoms with Crippen LogP contribution in [0.2, 0.25) is 0 Å². The van der Waals surface area contributed by atoms with E-state index in [0.717, 1.165) is 0 Å². The number of carbonyl (C=O) groups excluding carboxylic acids is 2. The Morgan fingerprint density at radius 3 is 2.00 bits per heavy atom. The number of rotatable bonds is 3. The quantitative estimate of drug-likeness (QED) is 0.751. The number of carbonyl (C=O) groups is 3. The van der Waals surface area contributed by atoms with Crippen LogP contribution in [-0.4, -0.2) is 22.9 Å². The van der Waals surface area contributed by atoms with Gasteiger partial charge in [0.25, 0.3) is 0 Å². The van der Waals surface area contributed by atoms with Crippen LogP contribution in [0.3, 0.4) is 0 Å². The van der Waals surface area contributed by atoms with E-state index < -0.39 is 17.8 Å². The zero-order chi connectivity index (χ0) is 15.2. The van der Waals surface area contributed by atoms with Crippen molar-refractivity contribution in [3.63, 3.8) is 0 Å². The minimum absolute atomic E-state index is 0.0678. The lowest BCUT2D eigenvalue weighted by Gasteiger charge is -2.08. The monoisotopic (exact) mass is 284 g/mol. The molecule has 0 spiro atoms. The molecule has 21 heavy (non-hydrogen) atoms. The molecule has 0 aromatic heterocycles. The molecular formula is C15H12N2O4. The van der Waals surface area contributed by atoms with Crippen LogP contribution in [0.4, 0.5) is 11.4 Å². The van der Waals surface area contributed by atoms with Gasteiger partial charge in [-0.3, -0.25) is 9.59 Å². The molecule has 0 saturated heterocycles. The number of aromatic carboxylic acids is 1. The molecule has 6 heteroatoms. The summed E-state index contributed by atoms with van der Waals surface area (Å²) in [7, 11) is 0. The summed E-state index contributed by atoms with van der Waals surface area (Å²) >= 11 is 0. The molecule has 0 fully saturated rings. The number of para-hydroxylation sites is 2. The molecule has 2 aromatic rings. The Labute approximate surface area is 120 Å². The van der Waals surface area contributed by atoms with E-state index >= 15 is 0 Å². The highest BCUT2D eigenvalue weighted by molar-refractivity contribution is 6.43. The van der Waals surface area contributed by atoms with E-state index in [0.29, 0.717) is 5.69 Å². The molecule has 0 saturated carbocycles. The van der Waals surface area contributed by atoms with Gasteiger partial charge in [-0.2, -0.15) is 0 Å². The maximum atomic E-state index is 11.8. The molecule has 0 unspecified atom stereocenters. The molecule has 2 aromatic carbocycles. The average Bonchev–Trinajstić information content (AvgIpc) is 2.48. The third-order valence-electron chi connectivity index (χ3n) is 2.64. The average molecular weight is 284 g/mol. The summed E-state index contributed by atoms with van der Waals surface area (Å²) in [6, 6.07) is 14.3. The minimum Gasteiger partial charge on any atom is -0.478 e. The highest BCUT2D eigenvalue weighted by atomic mass is 16.4. The summed E-state index contributed by atoms with van der Waals surface area (Å²) in [5.74, 6) is -3.00. The molecule has 106 valence electrons. The van der Waals surface area contributed by atoms with Crippen LogP contribution in [0.5, 0.6) is 0 Å². The Morgan fingerprint density at radius 2 is 1.33 bits per heavy atom. The van der Waals surface area contributed by atoms with Gasteiger partial charge < -0.3 is 15.7 Å². The molecule has 2 rings (SSSR count). The van der Waals surface area contributed by atoms with Crippen LogP contribution >= 0.6 is 0 Å². The van der Waals surface area contributed by atoms with E-state index in [4.69, 9.17) is 5.11 Å². The van der Waals surface area contributed by atoms with Crippen LogP contribution in [-0.2, 0) is 9.59 Å². The smallest absolute Gasteiger partial charge is 0.337 e. The summed E-state index contributed by atoms with van der Waals surface area (Å²) in [5, 5.41) is 13.7. The second-order valence-corrected chi connectivity index (χ2v) is 4.13. The van der Waals surface area contributed by atoms with E-state index in [1.807, 2.05) is 0 Å². The molecule has 0 atom stereocenters. The van der Waals surface area contributed by atoms with Crippen LogP contribution in [0.15, 0.2) is 54.6 Å². The van der Waals surface area contributed by atoms with Gasteiger partial charge >= 0.3 is 17.8 Å². The standard InChI is InChI=1S/C15H12N2O4/c18-13(16-10-6-2-1-3-7-10)14(19)17-12-9-5-4-8-11(12)15(20)21/h1-9H,(H,16,18)(H,17,19)(H,20,21). The number of benzene rings is 2. The molecule has 0 aliphatic carbocycles. The molecule has 2 amide bonds. The zero-order valence-corrected chi connectivity index (χ0v) is 10.9. The number of amides is 2. The Bertz CT molecular complexity index is 683. The molecule has 3 N–H and O–H groups in total. The molecule has 0 bridgehead atoms. The van der Waals surface area contributed by atoms with Crippen molar-refractivity contribution in [2.75, 3.05) is 10.6 Å². The fourth-order valence-electron chi connectivity index (χ4n) is 1.67. The van der Waals surface area contributed by atoms with Gasteiger partial charge in [0.05, 0.1) is 11.3 Å². The Hall–Kier alpha value is -3.15. The first-order chi connectivity index (χ1) is 10.1. The van der Waals surface area contributed by atoms with Gasteiger partial charge in [-0.25, -0.2) is 4.79 Å². The third kappa shape index (κ3) is 3.66. The van der Waals surface area contributed by atoms with Crippen molar-refractivity contribution in [3.8, 4) is 0 Å². The maximum absolute atomic E-state index is 11.8. The van der Waals surface area contributed by atoms with Gasteiger partial charge in [-0.1, -0.05) is 30.3 Å². The van der Waals surface area contributed by atoms with Crippen LogP contribution in [0.1, 0.15) is 10.4 Å². The predicted molar refractivity (Wildman–Crippen MR) is 77.1 cm³/mol. The lowest BCUT2D eigenvalue weighted by atomic mass is 10.2. The highest BCUT2D eigenvalue weighted by Crippen LogP contribution is 2.15. The van der Waals surface area contributed by atoms with Crippen molar-refractivity contribution < 1.29 is 19.5 Å². The Morgan fingerprint density at radius 1 is 0.762 bits per heavy atom. The SMILES string of the molecule is O=C(Nc1ccccc1)C(=O)Nc1ccccc1C(=O)O. The van der Waals surface area contributed by atoms with Crippen molar-refractivity contribution in [3.05, 3.63) is 60.2 Å². The van der Waals surface area contributed by atoms with Gasteiger partial charge in [-0.05, 0) is 24.3 Å². The van der Waals surface area contributed by atoms with E-state index in [-0.39, 0.29) is 11.3 Å². The fourth-order valence-corrected chi connectivity index (χ4v) is 1.67. The van der Waals surface area contributed by atoms with Crippen LogP contribution in [0.25, 0.3) is 0 Å². The van der Waals surface area contributed by atoms with E-state index in [2.05, 4.69) is 10.6 Å². The lowest BCUT2D eigenvalue weighted by Crippen LogP contribution is -2.29. The lowest BCUT2D eigenvalue weighted by molar-refractivity contribution is -0.133. The number of hydrogen-bond donors (Lipinski definition) is 3. The molecule has 0 aliphatic heterocycles. The van der Waals surface area contributed by atoms with Crippen molar-refractivity contribution in [1.82, 2.24) is 0 Å². The first kappa shape index (κ1) is 14.3. The van der Waals surface area contributed by atoms with Crippen LogP contribution in [0, 0.1) is 0 Å². The second kappa shape index (κ2) is 6.33. The van der Waals surface area contributed by atoms with Crippen molar-refractivity contribution in [2.24, 2.45) is 0 Å². The first-order valence-electron chi connectivity index (χ1n) is 6.07. The normalized spacial score (nSPS) is 9.71. The number of carboxylic acids is 1. The van der Waals surface area contributed by atoms with Crippen molar-refractivity contribution in [2.45, 2.75) is 0 Å². The largest absolute Gasteiger partial charge is 0.478 e. The number of anilines is 2. The number of hydrogen-bond acceptors (Lipinski definition) is 3. The Kier molecular flexibility index (Phi) is 4.30. The van der Waals surface area contributed by atoms with Crippen LogP contribution < -0.4 is 10.6 Å². The predicted octanol–water partition coefficient (Wildman–Crippen LogP) is 1.96. The fraction of sp³-hybridized carbons (Fsp3) is 0. The zero-order valence-electron chi connectivity index (χ0n) is 10.9. The molecule has 0 radical (unpaired) electrons. The Balaban J connectivity index is 2.08. The van der Waals surface area contributed by atoms with Gasteiger partial charge in [0.2, 0.25) is 0 Å². The van der Waals surface area contributed by atoms with E-state index in [9.17, 15) is 14.4 Å². The molecular weight excluding hydrogens is 272 g/mol. The van der Waals surface area contributed by atoms with Gasteiger partial charge in [0, 0.05) is 5.69 Å². The van der Waals surface area contributed by atoms with Crippen molar-refractivity contribution in [1.29, 1.82) is 0 Å².